The summed E-state index contributed by atoms with van der Waals surface area (Å²) >= 11 is 0. The SMILES string of the molecule is CCCNC(=O)CCNCCOC(C)C. The van der Waals surface area contributed by atoms with Crippen LogP contribution in [0.2, 0.25) is 0 Å². The minimum absolute atomic E-state index is 0.120. The van der Waals surface area contributed by atoms with Gasteiger partial charge in [0, 0.05) is 26.1 Å². The Morgan fingerprint density at radius 2 is 2.00 bits per heavy atom. The minimum atomic E-state index is 0.120. The zero-order valence-electron chi connectivity index (χ0n) is 10.1. The van der Waals surface area contributed by atoms with Crippen LogP contribution in [-0.4, -0.2) is 38.3 Å². The Hall–Kier alpha value is -0.610. The van der Waals surface area contributed by atoms with E-state index in [4.69, 9.17) is 4.74 Å². The van der Waals surface area contributed by atoms with Gasteiger partial charge in [0.1, 0.15) is 0 Å². The van der Waals surface area contributed by atoms with Crippen LogP contribution < -0.4 is 10.6 Å². The van der Waals surface area contributed by atoms with Gasteiger partial charge in [0.2, 0.25) is 5.91 Å². The smallest absolute Gasteiger partial charge is 0.221 e. The van der Waals surface area contributed by atoms with Gasteiger partial charge in [0.25, 0.3) is 0 Å². The molecule has 0 saturated heterocycles. The molecule has 0 heterocycles. The second kappa shape index (κ2) is 9.93. The van der Waals surface area contributed by atoms with Gasteiger partial charge < -0.3 is 15.4 Å². The van der Waals surface area contributed by atoms with Crippen molar-refractivity contribution in [2.24, 2.45) is 0 Å². The Labute approximate surface area is 92.8 Å². The molecule has 0 spiro atoms. The van der Waals surface area contributed by atoms with Gasteiger partial charge in [-0.15, -0.1) is 0 Å². The van der Waals surface area contributed by atoms with Crippen molar-refractivity contribution in [3.8, 4) is 0 Å². The lowest BCUT2D eigenvalue weighted by atomic mass is 10.3. The zero-order chi connectivity index (χ0) is 11.5. The molecule has 0 unspecified atom stereocenters. The lowest BCUT2D eigenvalue weighted by Gasteiger charge is -2.08. The minimum Gasteiger partial charge on any atom is -0.377 e. The van der Waals surface area contributed by atoms with Gasteiger partial charge in [0.15, 0.2) is 0 Å². The molecule has 4 heteroatoms. The molecule has 0 fully saturated rings. The summed E-state index contributed by atoms with van der Waals surface area (Å²) in [5.74, 6) is 0.120. The molecular formula is C11H24N2O2. The molecule has 1 amide bonds. The third kappa shape index (κ3) is 11.3. The molecule has 0 radical (unpaired) electrons. The van der Waals surface area contributed by atoms with Crippen LogP contribution in [0.15, 0.2) is 0 Å². The van der Waals surface area contributed by atoms with Crippen LogP contribution in [0, 0.1) is 0 Å². The van der Waals surface area contributed by atoms with E-state index in [0.29, 0.717) is 13.0 Å². The molecule has 0 aliphatic carbocycles. The Morgan fingerprint density at radius 3 is 2.60 bits per heavy atom. The molecule has 0 aromatic carbocycles. The molecule has 15 heavy (non-hydrogen) atoms. The second-order valence-corrected chi connectivity index (χ2v) is 3.77. The van der Waals surface area contributed by atoms with Crippen molar-refractivity contribution in [3.05, 3.63) is 0 Å². The summed E-state index contributed by atoms with van der Waals surface area (Å²) in [6, 6.07) is 0. The van der Waals surface area contributed by atoms with E-state index in [1.165, 1.54) is 0 Å². The summed E-state index contributed by atoms with van der Waals surface area (Å²) in [6.07, 6.45) is 1.81. The standard InChI is InChI=1S/C11H24N2O2/c1-4-6-13-11(14)5-7-12-8-9-15-10(2)3/h10,12H,4-9H2,1-3H3,(H,13,14). The van der Waals surface area contributed by atoms with Gasteiger partial charge in [-0.1, -0.05) is 6.92 Å². The van der Waals surface area contributed by atoms with Crippen molar-refractivity contribution in [2.75, 3.05) is 26.2 Å². The van der Waals surface area contributed by atoms with Crippen molar-refractivity contribution >= 4 is 5.91 Å². The van der Waals surface area contributed by atoms with E-state index in [-0.39, 0.29) is 12.0 Å². The Bertz CT molecular complexity index is 161. The second-order valence-electron chi connectivity index (χ2n) is 3.77. The summed E-state index contributed by atoms with van der Waals surface area (Å²) in [5, 5.41) is 5.99. The molecule has 0 rings (SSSR count). The highest BCUT2D eigenvalue weighted by molar-refractivity contribution is 5.75. The zero-order valence-corrected chi connectivity index (χ0v) is 10.1. The number of hydrogen-bond donors (Lipinski definition) is 2. The first-order valence-corrected chi connectivity index (χ1v) is 5.75. The number of amides is 1. The van der Waals surface area contributed by atoms with Crippen LogP contribution in [0.4, 0.5) is 0 Å². The Morgan fingerprint density at radius 1 is 1.27 bits per heavy atom. The Balaban J connectivity index is 3.13. The van der Waals surface area contributed by atoms with E-state index in [2.05, 4.69) is 10.6 Å². The maximum absolute atomic E-state index is 11.2. The van der Waals surface area contributed by atoms with Gasteiger partial charge in [0.05, 0.1) is 12.7 Å². The van der Waals surface area contributed by atoms with Gasteiger partial charge in [-0.2, -0.15) is 0 Å². The lowest BCUT2D eigenvalue weighted by molar-refractivity contribution is -0.121. The number of carbonyl (C=O) groups is 1. The molecule has 4 nitrogen and oxygen atoms in total. The van der Waals surface area contributed by atoms with Gasteiger partial charge >= 0.3 is 0 Å². The van der Waals surface area contributed by atoms with Crippen molar-refractivity contribution < 1.29 is 9.53 Å². The third-order valence-electron chi connectivity index (χ3n) is 1.83. The predicted octanol–water partition coefficient (Wildman–Crippen LogP) is 0.917. The quantitative estimate of drug-likeness (QED) is 0.563. The number of rotatable bonds is 9. The summed E-state index contributed by atoms with van der Waals surface area (Å²) in [5.41, 5.74) is 0. The molecule has 0 aliphatic heterocycles. The lowest BCUT2D eigenvalue weighted by Crippen LogP contribution is -2.29. The third-order valence-corrected chi connectivity index (χ3v) is 1.83. The molecule has 90 valence electrons. The Kier molecular flexibility index (Phi) is 9.52. The summed E-state index contributed by atoms with van der Waals surface area (Å²) in [6.45, 7) is 9.07. The summed E-state index contributed by atoms with van der Waals surface area (Å²) in [7, 11) is 0. The topological polar surface area (TPSA) is 50.4 Å². The highest BCUT2D eigenvalue weighted by Crippen LogP contribution is 1.85. The predicted molar refractivity (Wildman–Crippen MR) is 61.9 cm³/mol. The number of nitrogens with one attached hydrogen (secondary N) is 2. The monoisotopic (exact) mass is 216 g/mol. The van der Waals surface area contributed by atoms with Gasteiger partial charge in [-0.25, -0.2) is 0 Å². The van der Waals surface area contributed by atoms with Crippen LogP contribution in [0.25, 0.3) is 0 Å². The number of hydrogen-bond acceptors (Lipinski definition) is 3. The first-order valence-electron chi connectivity index (χ1n) is 5.75. The molecule has 0 atom stereocenters. The molecule has 0 aliphatic rings. The molecule has 0 bridgehead atoms. The van der Waals surface area contributed by atoms with E-state index in [0.717, 1.165) is 26.1 Å². The maximum Gasteiger partial charge on any atom is 0.221 e. The van der Waals surface area contributed by atoms with Crippen LogP contribution in [0.1, 0.15) is 33.6 Å². The van der Waals surface area contributed by atoms with Gasteiger partial charge in [-0.3, -0.25) is 4.79 Å². The van der Waals surface area contributed by atoms with Gasteiger partial charge in [-0.05, 0) is 20.3 Å². The summed E-state index contributed by atoms with van der Waals surface area (Å²) < 4.78 is 5.35. The maximum atomic E-state index is 11.2. The molecular weight excluding hydrogens is 192 g/mol. The van der Waals surface area contributed by atoms with E-state index >= 15 is 0 Å². The first-order chi connectivity index (χ1) is 7.16. The van der Waals surface area contributed by atoms with E-state index < -0.39 is 0 Å². The fraction of sp³-hybridized carbons (Fsp3) is 0.909. The number of carbonyl (C=O) groups excluding carboxylic acids is 1. The average Bonchev–Trinajstić information content (AvgIpc) is 2.19. The summed E-state index contributed by atoms with van der Waals surface area (Å²) in [4.78, 5) is 11.2. The van der Waals surface area contributed by atoms with E-state index in [1.807, 2.05) is 20.8 Å². The van der Waals surface area contributed by atoms with Crippen molar-refractivity contribution in [1.29, 1.82) is 0 Å². The normalized spacial score (nSPS) is 10.7. The fourth-order valence-electron chi connectivity index (χ4n) is 1.05. The van der Waals surface area contributed by atoms with Crippen molar-refractivity contribution in [3.63, 3.8) is 0 Å². The molecule has 0 saturated carbocycles. The largest absolute Gasteiger partial charge is 0.377 e. The molecule has 2 N–H and O–H groups in total. The first kappa shape index (κ1) is 14.4. The highest BCUT2D eigenvalue weighted by Gasteiger charge is 1.98. The van der Waals surface area contributed by atoms with Crippen molar-refractivity contribution in [1.82, 2.24) is 10.6 Å². The van der Waals surface area contributed by atoms with E-state index in [9.17, 15) is 4.79 Å². The molecule has 0 aromatic heterocycles. The average molecular weight is 216 g/mol. The van der Waals surface area contributed by atoms with Crippen LogP contribution in [-0.2, 0) is 9.53 Å². The van der Waals surface area contributed by atoms with Crippen LogP contribution >= 0.6 is 0 Å². The number of ether oxygens (including phenoxy) is 1. The molecule has 0 aromatic rings. The highest BCUT2D eigenvalue weighted by atomic mass is 16.5. The van der Waals surface area contributed by atoms with Crippen LogP contribution in [0.5, 0.6) is 0 Å². The van der Waals surface area contributed by atoms with Crippen molar-refractivity contribution in [2.45, 2.75) is 39.7 Å². The van der Waals surface area contributed by atoms with E-state index in [1.54, 1.807) is 0 Å². The van der Waals surface area contributed by atoms with Crippen LogP contribution in [0.3, 0.4) is 0 Å². The fourth-order valence-corrected chi connectivity index (χ4v) is 1.05.